The number of unbranched alkanes of at least 4 members (excludes halogenated alkanes) is 2. The molecule has 1 rings (SSSR count). The molecule has 0 atom stereocenters. The summed E-state index contributed by atoms with van der Waals surface area (Å²) in [4.78, 5) is 1.81. The number of halogens is 4. The smallest absolute Gasteiger partial charge is 0.358 e. The Labute approximate surface area is 113 Å². The number of aromatic nitrogens is 2. The first kappa shape index (κ1) is 15.2. The predicted octanol–water partition coefficient (Wildman–Crippen LogP) is 3.50. The molecule has 18 heavy (non-hydrogen) atoms. The Bertz CT molecular complexity index is 354. The van der Waals surface area contributed by atoms with Crippen molar-refractivity contribution in [1.29, 1.82) is 0 Å². The van der Waals surface area contributed by atoms with Crippen molar-refractivity contribution in [2.45, 2.75) is 25.4 Å². The highest BCUT2D eigenvalue weighted by Gasteiger charge is 2.32. The normalized spacial score (nSPS) is 11.6. The molecule has 3 nitrogen and oxygen atoms in total. The Morgan fingerprint density at radius 1 is 1.17 bits per heavy atom. The molecule has 0 saturated carbocycles. The van der Waals surface area contributed by atoms with Gasteiger partial charge in [0.05, 0.1) is 0 Å². The van der Waals surface area contributed by atoms with E-state index in [-0.39, 0.29) is 0 Å². The van der Waals surface area contributed by atoms with Gasteiger partial charge >= 0.3 is 6.18 Å². The van der Waals surface area contributed by atoms with E-state index in [1.165, 1.54) is 6.07 Å². The van der Waals surface area contributed by atoms with Crippen LogP contribution in [0.1, 0.15) is 25.0 Å². The lowest BCUT2D eigenvalue weighted by molar-refractivity contribution is -0.141. The zero-order valence-electron chi connectivity index (χ0n) is 10.0. The average Bonchev–Trinajstić information content (AvgIpc) is 2.33. The number of hydrogen-bond donors (Lipinski definition) is 0. The first-order valence-electron chi connectivity index (χ1n) is 5.63. The fourth-order valence-corrected chi connectivity index (χ4v) is 1.81. The van der Waals surface area contributed by atoms with E-state index in [4.69, 9.17) is 0 Å². The Morgan fingerprint density at radius 3 is 2.39 bits per heavy atom. The van der Waals surface area contributed by atoms with Crippen LogP contribution in [0.5, 0.6) is 0 Å². The van der Waals surface area contributed by atoms with Crippen LogP contribution < -0.4 is 4.90 Å². The van der Waals surface area contributed by atoms with Crippen LogP contribution in [0.25, 0.3) is 0 Å². The second kappa shape index (κ2) is 6.92. The molecule has 7 heteroatoms. The zero-order valence-corrected chi connectivity index (χ0v) is 11.6. The number of hydrogen-bond acceptors (Lipinski definition) is 3. The molecule has 0 unspecified atom stereocenters. The van der Waals surface area contributed by atoms with Crippen molar-refractivity contribution >= 4 is 21.7 Å². The van der Waals surface area contributed by atoms with Crippen molar-refractivity contribution in [1.82, 2.24) is 10.2 Å². The largest absolute Gasteiger partial charge is 0.435 e. The Balaban J connectivity index is 2.51. The summed E-state index contributed by atoms with van der Waals surface area (Å²) in [6.07, 6.45) is -1.29. The van der Waals surface area contributed by atoms with Crippen LogP contribution in [0.15, 0.2) is 12.1 Å². The van der Waals surface area contributed by atoms with Crippen LogP contribution in [-0.2, 0) is 6.18 Å². The van der Waals surface area contributed by atoms with Crippen LogP contribution in [0.4, 0.5) is 19.0 Å². The van der Waals surface area contributed by atoms with Gasteiger partial charge in [-0.05, 0) is 25.0 Å². The molecule has 102 valence electrons. The van der Waals surface area contributed by atoms with E-state index < -0.39 is 11.9 Å². The SMILES string of the molecule is CN(CCCCCBr)c1ccc(C(F)(F)F)nn1. The molecule has 0 fully saturated rings. The van der Waals surface area contributed by atoms with Crippen LogP contribution in [0, 0.1) is 0 Å². The van der Waals surface area contributed by atoms with Gasteiger partial charge in [-0.1, -0.05) is 22.4 Å². The first-order valence-corrected chi connectivity index (χ1v) is 6.75. The summed E-state index contributed by atoms with van der Waals surface area (Å²) in [7, 11) is 1.80. The molecule has 0 spiro atoms. The van der Waals surface area contributed by atoms with Crippen molar-refractivity contribution in [3.8, 4) is 0 Å². The molecule has 1 aromatic heterocycles. The van der Waals surface area contributed by atoms with Crippen molar-refractivity contribution in [2.75, 3.05) is 23.8 Å². The van der Waals surface area contributed by atoms with E-state index in [9.17, 15) is 13.2 Å². The Kier molecular flexibility index (Phi) is 5.84. The number of nitrogens with zero attached hydrogens (tertiary/aromatic N) is 3. The Hall–Kier alpha value is -0.850. The fraction of sp³-hybridized carbons (Fsp3) is 0.636. The highest BCUT2D eigenvalue weighted by atomic mass is 79.9. The van der Waals surface area contributed by atoms with Crippen LogP contribution in [0.3, 0.4) is 0 Å². The van der Waals surface area contributed by atoms with Crippen LogP contribution in [0.2, 0.25) is 0 Å². The maximum Gasteiger partial charge on any atom is 0.435 e. The number of rotatable bonds is 6. The van der Waals surface area contributed by atoms with Crippen molar-refractivity contribution < 1.29 is 13.2 Å². The van der Waals surface area contributed by atoms with Crippen LogP contribution >= 0.6 is 15.9 Å². The van der Waals surface area contributed by atoms with Gasteiger partial charge in [-0.15, -0.1) is 10.2 Å². The number of anilines is 1. The van der Waals surface area contributed by atoms with Gasteiger partial charge in [0.25, 0.3) is 0 Å². The molecule has 0 radical (unpaired) electrons. The molecule has 0 amide bonds. The van der Waals surface area contributed by atoms with Gasteiger partial charge < -0.3 is 4.90 Å². The van der Waals surface area contributed by atoms with Crippen molar-refractivity contribution in [3.05, 3.63) is 17.8 Å². The molecule has 0 aliphatic rings. The second-order valence-electron chi connectivity index (χ2n) is 3.95. The van der Waals surface area contributed by atoms with Crippen molar-refractivity contribution in [3.63, 3.8) is 0 Å². The minimum atomic E-state index is -4.43. The van der Waals surface area contributed by atoms with Crippen LogP contribution in [-0.4, -0.2) is 29.1 Å². The molecular weight excluding hydrogens is 311 g/mol. The van der Waals surface area contributed by atoms with E-state index in [1.807, 2.05) is 0 Å². The van der Waals surface area contributed by atoms with E-state index in [2.05, 4.69) is 26.1 Å². The summed E-state index contributed by atoms with van der Waals surface area (Å²) in [5.74, 6) is 0.460. The average molecular weight is 326 g/mol. The third-order valence-electron chi connectivity index (χ3n) is 2.46. The minimum Gasteiger partial charge on any atom is -0.358 e. The van der Waals surface area contributed by atoms with E-state index >= 15 is 0 Å². The fourth-order valence-electron chi connectivity index (χ4n) is 1.41. The van der Waals surface area contributed by atoms with Gasteiger partial charge in [0.15, 0.2) is 11.5 Å². The molecule has 1 aromatic rings. The van der Waals surface area contributed by atoms with Gasteiger partial charge in [0.2, 0.25) is 0 Å². The molecule has 0 bridgehead atoms. The maximum absolute atomic E-state index is 12.3. The molecule has 0 aliphatic heterocycles. The number of alkyl halides is 4. The zero-order chi connectivity index (χ0) is 13.6. The summed E-state index contributed by atoms with van der Waals surface area (Å²) < 4.78 is 36.9. The van der Waals surface area contributed by atoms with E-state index in [0.717, 1.165) is 37.2 Å². The molecule has 0 aliphatic carbocycles. The van der Waals surface area contributed by atoms with Gasteiger partial charge in [0.1, 0.15) is 0 Å². The lowest BCUT2D eigenvalue weighted by Gasteiger charge is -2.17. The van der Waals surface area contributed by atoms with Crippen molar-refractivity contribution in [2.24, 2.45) is 0 Å². The summed E-state index contributed by atoms with van der Waals surface area (Å²) in [6.45, 7) is 0.757. The summed E-state index contributed by atoms with van der Waals surface area (Å²) in [5, 5.41) is 7.75. The highest BCUT2D eigenvalue weighted by Crippen LogP contribution is 2.27. The minimum absolute atomic E-state index is 0.460. The van der Waals surface area contributed by atoms with Gasteiger partial charge in [0, 0.05) is 18.9 Å². The lowest BCUT2D eigenvalue weighted by Crippen LogP contribution is -2.21. The first-order chi connectivity index (χ1) is 8.45. The Morgan fingerprint density at radius 2 is 1.89 bits per heavy atom. The summed E-state index contributed by atoms with van der Waals surface area (Å²) in [6, 6.07) is 2.30. The second-order valence-corrected chi connectivity index (χ2v) is 4.74. The van der Waals surface area contributed by atoms with Gasteiger partial charge in [-0.3, -0.25) is 0 Å². The molecule has 0 N–H and O–H groups in total. The quantitative estimate of drug-likeness (QED) is 0.592. The monoisotopic (exact) mass is 325 g/mol. The topological polar surface area (TPSA) is 29.0 Å². The predicted molar refractivity (Wildman–Crippen MR) is 67.9 cm³/mol. The molecule has 0 saturated heterocycles. The molecular formula is C11H15BrF3N3. The standard InChI is InChI=1S/C11H15BrF3N3/c1-18(8-4-2-3-7-12)10-6-5-9(16-17-10)11(13,14)15/h5-6H,2-4,7-8H2,1H3. The van der Waals surface area contributed by atoms with Gasteiger partial charge in [-0.2, -0.15) is 13.2 Å². The van der Waals surface area contributed by atoms with E-state index in [1.54, 1.807) is 11.9 Å². The third-order valence-corrected chi connectivity index (χ3v) is 3.02. The molecule has 1 heterocycles. The third kappa shape index (κ3) is 4.80. The summed E-state index contributed by atoms with van der Waals surface area (Å²) in [5.41, 5.74) is -0.959. The molecule has 0 aromatic carbocycles. The van der Waals surface area contributed by atoms with E-state index in [0.29, 0.717) is 5.82 Å². The summed E-state index contributed by atoms with van der Waals surface area (Å²) >= 11 is 3.35. The van der Waals surface area contributed by atoms with Gasteiger partial charge in [-0.25, -0.2) is 0 Å². The lowest BCUT2D eigenvalue weighted by atomic mass is 10.2. The maximum atomic E-state index is 12.3. The highest BCUT2D eigenvalue weighted by molar-refractivity contribution is 9.09.